The minimum absolute atomic E-state index is 0.183. The third kappa shape index (κ3) is 3.85. The number of hydrogen-bond acceptors (Lipinski definition) is 2. The molecule has 4 rings (SSSR count). The number of hydrogen-bond donors (Lipinski definition) is 0. The molecule has 3 aromatic carbocycles. The fourth-order valence-electron chi connectivity index (χ4n) is 4.52. The van der Waals surface area contributed by atoms with Crippen molar-refractivity contribution in [1.82, 2.24) is 0 Å². The van der Waals surface area contributed by atoms with E-state index in [1.165, 1.54) is 22.3 Å². The standard InChI is InChI=1S/C25H26O2/c1-26-23-11-5-7-19(13-23)15-25(16-20-8-6-12-24(14-20)27-2)17-21-9-3-4-10-22(21)18-25/h3-14H,15-18H2,1-2H3. The van der Waals surface area contributed by atoms with Gasteiger partial charge in [0.2, 0.25) is 0 Å². The second-order valence-electron chi connectivity index (χ2n) is 7.68. The Kier molecular flexibility index (Phi) is 4.89. The van der Waals surface area contributed by atoms with E-state index in [0.29, 0.717) is 0 Å². The van der Waals surface area contributed by atoms with Crippen molar-refractivity contribution in [3.05, 3.63) is 95.1 Å². The molecule has 27 heavy (non-hydrogen) atoms. The molecule has 0 bridgehead atoms. The lowest BCUT2D eigenvalue weighted by Gasteiger charge is -2.30. The van der Waals surface area contributed by atoms with Crippen LogP contribution in [0.2, 0.25) is 0 Å². The third-order valence-electron chi connectivity index (χ3n) is 5.68. The van der Waals surface area contributed by atoms with Crippen LogP contribution in [0.1, 0.15) is 22.3 Å². The molecule has 138 valence electrons. The van der Waals surface area contributed by atoms with Crippen LogP contribution < -0.4 is 9.47 Å². The highest BCUT2D eigenvalue weighted by atomic mass is 16.5. The molecule has 2 heteroatoms. The molecule has 2 nitrogen and oxygen atoms in total. The highest BCUT2D eigenvalue weighted by molar-refractivity contribution is 5.39. The van der Waals surface area contributed by atoms with Crippen LogP contribution in [0.3, 0.4) is 0 Å². The minimum Gasteiger partial charge on any atom is -0.497 e. The van der Waals surface area contributed by atoms with Gasteiger partial charge in [-0.15, -0.1) is 0 Å². The molecule has 0 radical (unpaired) electrons. The van der Waals surface area contributed by atoms with E-state index in [1.54, 1.807) is 14.2 Å². The van der Waals surface area contributed by atoms with Crippen LogP contribution in [0.25, 0.3) is 0 Å². The van der Waals surface area contributed by atoms with Gasteiger partial charge in [-0.05, 0) is 77.6 Å². The second kappa shape index (κ2) is 7.48. The van der Waals surface area contributed by atoms with Gasteiger partial charge in [0.1, 0.15) is 11.5 Å². The SMILES string of the molecule is COc1cccc(CC2(Cc3cccc(OC)c3)Cc3ccccc3C2)c1. The largest absolute Gasteiger partial charge is 0.497 e. The van der Waals surface area contributed by atoms with E-state index in [-0.39, 0.29) is 5.41 Å². The Balaban J connectivity index is 1.67. The Morgan fingerprint density at radius 2 is 1.15 bits per heavy atom. The summed E-state index contributed by atoms with van der Waals surface area (Å²) in [5.74, 6) is 1.86. The topological polar surface area (TPSA) is 18.5 Å². The lowest BCUT2D eigenvalue weighted by atomic mass is 9.74. The van der Waals surface area contributed by atoms with Crippen molar-refractivity contribution in [2.75, 3.05) is 14.2 Å². The smallest absolute Gasteiger partial charge is 0.119 e. The van der Waals surface area contributed by atoms with E-state index in [2.05, 4.69) is 60.7 Å². The molecule has 0 amide bonds. The predicted octanol–water partition coefficient (Wildman–Crippen LogP) is 5.27. The van der Waals surface area contributed by atoms with Crippen LogP contribution in [0.15, 0.2) is 72.8 Å². The van der Waals surface area contributed by atoms with Gasteiger partial charge in [-0.2, -0.15) is 0 Å². The van der Waals surface area contributed by atoms with Crippen LogP contribution in [-0.2, 0) is 25.7 Å². The van der Waals surface area contributed by atoms with E-state index < -0.39 is 0 Å². The van der Waals surface area contributed by atoms with E-state index in [9.17, 15) is 0 Å². The number of rotatable bonds is 6. The quantitative estimate of drug-likeness (QED) is 0.597. The second-order valence-corrected chi connectivity index (χ2v) is 7.68. The summed E-state index contributed by atoms with van der Waals surface area (Å²) in [5, 5.41) is 0. The molecule has 1 aliphatic carbocycles. The monoisotopic (exact) mass is 358 g/mol. The van der Waals surface area contributed by atoms with Crippen LogP contribution in [0.4, 0.5) is 0 Å². The minimum atomic E-state index is 0.183. The molecule has 0 N–H and O–H groups in total. The first-order valence-electron chi connectivity index (χ1n) is 9.52. The van der Waals surface area contributed by atoms with E-state index in [1.807, 2.05) is 12.1 Å². The molecule has 0 saturated heterocycles. The van der Waals surface area contributed by atoms with Gasteiger partial charge in [0, 0.05) is 0 Å². The fraction of sp³-hybridized carbons (Fsp3) is 0.280. The maximum Gasteiger partial charge on any atom is 0.119 e. The fourth-order valence-corrected chi connectivity index (χ4v) is 4.52. The molecule has 0 aromatic heterocycles. The third-order valence-corrected chi connectivity index (χ3v) is 5.68. The molecule has 0 unspecified atom stereocenters. The number of benzene rings is 3. The summed E-state index contributed by atoms with van der Waals surface area (Å²) in [7, 11) is 3.47. The van der Waals surface area contributed by atoms with Gasteiger partial charge in [0.15, 0.2) is 0 Å². The maximum atomic E-state index is 5.45. The van der Waals surface area contributed by atoms with Crippen molar-refractivity contribution in [2.45, 2.75) is 25.7 Å². The van der Waals surface area contributed by atoms with Gasteiger partial charge >= 0.3 is 0 Å². The number of methoxy groups -OCH3 is 2. The molecule has 3 aromatic rings. The summed E-state index contributed by atoms with van der Waals surface area (Å²) < 4.78 is 10.9. The maximum absolute atomic E-state index is 5.45. The van der Waals surface area contributed by atoms with Crippen molar-refractivity contribution in [2.24, 2.45) is 5.41 Å². The summed E-state index contributed by atoms with van der Waals surface area (Å²) in [4.78, 5) is 0. The summed E-state index contributed by atoms with van der Waals surface area (Å²) in [6.45, 7) is 0. The summed E-state index contributed by atoms with van der Waals surface area (Å²) in [6.07, 6.45) is 4.29. The lowest BCUT2D eigenvalue weighted by molar-refractivity contribution is 0.299. The zero-order valence-electron chi connectivity index (χ0n) is 16.1. The number of ether oxygens (including phenoxy) is 2. The molecular formula is C25H26O2. The Morgan fingerprint density at radius 3 is 1.59 bits per heavy atom. The van der Waals surface area contributed by atoms with Gasteiger partial charge in [0.05, 0.1) is 14.2 Å². The molecular weight excluding hydrogens is 332 g/mol. The van der Waals surface area contributed by atoms with Crippen molar-refractivity contribution in [3.8, 4) is 11.5 Å². The van der Waals surface area contributed by atoms with Crippen LogP contribution in [0, 0.1) is 5.41 Å². The summed E-state index contributed by atoms with van der Waals surface area (Å²) >= 11 is 0. The Bertz CT molecular complexity index is 852. The summed E-state index contributed by atoms with van der Waals surface area (Å²) in [6, 6.07) is 25.9. The van der Waals surface area contributed by atoms with E-state index in [0.717, 1.165) is 37.2 Å². The molecule has 0 atom stereocenters. The van der Waals surface area contributed by atoms with E-state index in [4.69, 9.17) is 9.47 Å². The average Bonchev–Trinajstić information content (AvgIpc) is 3.05. The van der Waals surface area contributed by atoms with Crippen LogP contribution in [-0.4, -0.2) is 14.2 Å². The van der Waals surface area contributed by atoms with Gasteiger partial charge in [-0.1, -0.05) is 48.5 Å². The van der Waals surface area contributed by atoms with Gasteiger partial charge < -0.3 is 9.47 Å². The van der Waals surface area contributed by atoms with E-state index >= 15 is 0 Å². The molecule has 1 aliphatic rings. The first kappa shape index (κ1) is 17.7. The summed E-state index contributed by atoms with van der Waals surface area (Å²) in [5.41, 5.74) is 5.84. The zero-order chi connectivity index (χ0) is 18.7. The Hall–Kier alpha value is -2.74. The van der Waals surface area contributed by atoms with Gasteiger partial charge in [-0.3, -0.25) is 0 Å². The first-order valence-corrected chi connectivity index (χ1v) is 9.52. The van der Waals surface area contributed by atoms with Crippen LogP contribution >= 0.6 is 0 Å². The van der Waals surface area contributed by atoms with Gasteiger partial charge in [0.25, 0.3) is 0 Å². The molecule has 0 spiro atoms. The normalized spacial score (nSPS) is 14.6. The highest BCUT2D eigenvalue weighted by Crippen LogP contribution is 2.42. The van der Waals surface area contributed by atoms with Crippen molar-refractivity contribution in [3.63, 3.8) is 0 Å². The molecule has 0 heterocycles. The molecule has 0 fully saturated rings. The number of fused-ring (bicyclic) bond motifs is 1. The molecule has 0 aliphatic heterocycles. The Labute approximate surface area is 161 Å². The zero-order valence-corrected chi connectivity index (χ0v) is 16.1. The van der Waals surface area contributed by atoms with Crippen molar-refractivity contribution >= 4 is 0 Å². The first-order chi connectivity index (χ1) is 13.2. The van der Waals surface area contributed by atoms with Gasteiger partial charge in [-0.25, -0.2) is 0 Å². The highest BCUT2D eigenvalue weighted by Gasteiger charge is 2.37. The van der Waals surface area contributed by atoms with Crippen molar-refractivity contribution < 1.29 is 9.47 Å². The predicted molar refractivity (Wildman–Crippen MR) is 110 cm³/mol. The molecule has 0 saturated carbocycles. The van der Waals surface area contributed by atoms with Crippen molar-refractivity contribution in [1.29, 1.82) is 0 Å². The van der Waals surface area contributed by atoms with Crippen LogP contribution in [0.5, 0.6) is 11.5 Å². The lowest BCUT2D eigenvalue weighted by Crippen LogP contribution is -2.27. The average molecular weight is 358 g/mol. The Morgan fingerprint density at radius 1 is 0.667 bits per heavy atom.